The highest BCUT2D eigenvalue weighted by molar-refractivity contribution is 6.32. The summed E-state index contributed by atoms with van der Waals surface area (Å²) in [4.78, 5) is 23.0. The number of aliphatic carboxylic acids is 1. The summed E-state index contributed by atoms with van der Waals surface area (Å²) in [6.07, 6.45) is 8.26. The van der Waals surface area contributed by atoms with Gasteiger partial charge in [-0.1, -0.05) is 49.7 Å². The van der Waals surface area contributed by atoms with E-state index < -0.39 is 22.8 Å². The van der Waals surface area contributed by atoms with Crippen LogP contribution < -0.4 is 0 Å². The lowest BCUT2D eigenvalue weighted by atomic mass is 9.64. The highest BCUT2D eigenvalue weighted by Gasteiger charge is 2.47. The van der Waals surface area contributed by atoms with E-state index in [1.807, 2.05) is 0 Å². The third-order valence-electron chi connectivity index (χ3n) is 4.77. The molecule has 1 atom stereocenters. The minimum absolute atomic E-state index is 0.104. The first kappa shape index (κ1) is 21.8. The Morgan fingerprint density at radius 1 is 1.29 bits per heavy atom. The minimum atomic E-state index is -1.57. The van der Waals surface area contributed by atoms with Crippen molar-refractivity contribution in [1.82, 2.24) is 0 Å². The second-order valence-corrected chi connectivity index (χ2v) is 7.83. The Hall–Kier alpha value is -2.50. The summed E-state index contributed by atoms with van der Waals surface area (Å²) in [5, 5.41) is 20.5. The summed E-state index contributed by atoms with van der Waals surface area (Å²) >= 11 is 6.04. The molecule has 0 heterocycles. The summed E-state index contributed by atoms with van der Waals surface area (Å²) < 4.78 is 14.0. The van der Waals surface area contributed by atoms with Crippen LogP contribution in [0.5, 0.6) is 0 Å². The number of hydrogen-bond donors (Lipinski definition) is 2. The molecule has 28 heavy (non-hydrogen) atoms. The summed E-state index contributed by atoms with van der Waals surface area (Å²) in [6, 6.07) is 4.29. The maximum absolute atomic E-state index is 14.0. The van der Waals surface area contributed by atoms with E-state index in [0.29, 0.717) is 5.57 Å². The van der Waals surface area contributed by atoms with Crippen LogP contribution in [0.4, 0.5) is 4.39 Å². The molecule has 0 aromatic heterocycles. The van der Waals surface area contributed by atoms with Gasteiger partial charge in [-0.3, -0.25) is 4.79 Å². The van der Waals surface area contributed by atoms with Gasteiger partial charge in [0.05, 0.1) is 5.02 Å². The molecule has 0 aliphatic heterocycles. The van der Waals surface area contributed by atoms with Crippen molar-refractivity contribution in [3.05, 3.63) is 76.1 Å². The van der Waals surface area contributed by atoms with E-state index in [9.17, 15) is 19.1 Å². The maximum Gasteiger partial charge on any atom is 0.328 e. The van der Waals surface area contributed by atoms with Gasteiger partial charge in [-0.15, -0.1) is 0 Å². The third-order valence-corrected chi connectivity index (χ3v) is 5.10. The lowest BCUT2D eigenvalue weighted by Crippen LogP contribution is -2.48. The van der Waals surface area contributed by atoms with Crippen LogP contribution in [-0.2, 0) is 9.59 Å². The fourth-order valence-corrected chi connectivity index (χ4v) is 3.36. The van der Waals surface area contributed by atoms with E-state index >= 15 is 0 Å². The smallest absolute Gasteiger partial charge is 0.328 e. The van der Waals surface area contributed by atoms with Gasteiger partial charge >= 0.3 is 5.97 Å². The molecule has 148 valence electrons. The predicted molar refractivity (Wildman–Crippen MR) is 107 cm³/mol. The van der Waals surface area contributed by atoms with Gasteiger partial charge in [-0.25, -0.2) is 9.18 Å². The largest absolute Gasteiger partial charge is 0.478 e. The Balaban J connectivity index is 2.52. The quantitative estimate of drug-likeness (QED) is 0.549. The van der Waals surface area contributed by atoms with E-state index in [0.717, 1.165) is 6.08 Å². The number of aliphatic hydroxyl groups is 1. The Labute approximate surface area is 168 Å². The van der Waals surface area contributed by atoms with Gasteiger partial charge in [0, 0.05) is 23.5 Å². The summed E-state index contributed by atoms with van der Waals surface area (Å²) in [6.45, 7) is 5.07. The molecule has 6 heteroatoms. The first-order valence-electron chi connectivity index (χ1n) is 8.66. The summed E-state index contributed by atoms with van der Waals surface area (Å²) in [5.41, 5.74) is -1.59. The number of allylic oxidation sites excluding steroid dienone is 3. The molecule has 2 rings (SSSR count). The molecule has 0 saturated heterocycles. The van der Waals surface area contributed by atoms with Crippen LogP contribution in [0.1, 0.15) is 32.8 Å². The van der Waals surface area contributed by atoms with Gasteiger partial charge in [0.2, 0.25) is 0 Å². The number of carbonyl (C=O) groups is 2. The molecule has 0 radical (unpaired) electrons. The van der Waals surface area contributed by atoms with Crippen molar-refractivity contribution >= 4 is 29.4 Å². The molecule has 0 amide bonds. The molecule has 0 saturated carbocycles. The molecular weight excluding hydrogens is 383 g/mol. The number of hydrogen-bond acceptors (Lipinski definition) is 3. The van der Waals surface area contributed by atoms with E-state index in [2.05, 4.69) is 0 Å². The summed E-state index contributed by atoms with van der Waals surface area (Å²) in [7, 11) is 0. The van der Waals surface area contributed by atoms with Crippen molar-refractivity contribution in [3.8, 4) is 0 Å². The van der Waals surface area contributed by atoms with Crippen LogP contribution in [0, 0.1) is 11.2 Å². The first-order valence-corrected chi connectivity index (χ1v) is 9.04. The molecular formula is C22H22ClFO4. The van der Waals surface area contributed by atoms with Crippen LogP contribution in [0.2, 0.25) is 5.02 Å². The normalized spacial score (nSPS) is 22.7. The molecule has 4 nitrogen and oxygen atoms in total. The Kier molecular flexibility index (Phi) is 6.42. The number of carbonyl (C=O) groups excluding carboxylic acids is 1. The maximum atomic E-state index is 14.0. The van der Waals surface area contributed by atoms with E-state index in [1.165, 1.54) is 42.5 Å². The van der Waals surface area contributed by atoms with Gasteiger partial charge in [0.25, 0.3) is 0 Å². The van der Waals surface area contributed by atoms with Crippen LogP contribution in [0.15, 0.2) is 59.7 Å². The number of ketones is 1. The average Bonchev–Trinajstić information content (AvgIpc) is 2.56. The zero-order chi connectivity index (χ0) is 21.1. The fourth-order valence-electron chi connectivity index (χ4n) is 3.13. The Bertz CT molecular complexity index is 904. The monoisotopic (exact) mass is 404 g/mol. The second-order valence-electron chi connectivity index (χ2n) is 7.42. The molecule has 0 unspecified atom stereocenters. The van der Waals surface area contributed by atoms with Gasteiger partial charge in [-0.05, 0) is 42.4 Å². The lowest BCUT2D eigenvalue weighted by molar-refractivity contribution is -0.131. The summed E-state index contributed by atoms with van der Waals surface area (Å²) in [5.74, 6) is -1.79. The molecule has 1 aromatic carbocycles. The predicted octanol–water partition coefficient (Wildman–Crippen LogP) is 4.74. The van der Waals surface area contributed by atoms with E-state index in [4.69, 9.17) is 16.7 Å². The molecule has 1 aliphatic carbocycles. The van der Waals surface area contributed by atoms with Gasteiger partial charge < -0.3 is 10.2 Å². The molecule has 1 aliphatic rings. The number of halogens is 2. The van der Waals surface area contributed by atoms with Crippen LogP contribution in [0.3, 0.4) is 0 Å². The van der Waals surface area contributed by atoms with Crippen LogP contribution in [-0.4, -0.2) is 27.6 Å². The van der Waals surface area contributed by atoms with Crippen molar-refractivity contribution in [3.63, 3.8) is 0 Å². The average molecular weight is 405 g/mol. The Morgan fingerprint density at radius 2 is 1.96 bits per heavy atom. The van der Waals surface area contributed by atoms with Gasteiger partial charge in [-0.2, -0.15) is 0 Å². The van der Waals surface area contributed by atoms with Crippen molar-refractivity contribution in [1.29, 1.82) is 0 Å². The van der Waals surface area contributed by atoms with Crippen molar-refractivity contribution < 1.29 is 24.2 Å². The van der Waals surface area contributed by atoms with Gasteiger partial charge in [0.1, 0.15) is 11.4 Å². The van der Waals surface area contributed by atoms with E-state index in [1.54, 1.807) is 26.8 Å². The highest BCUT2D eigenvalue weighted by atomic mass is 35.5. The highest BCUT2D eigenvalue weighted by Crippen LogP contribution is 2.45. The molecule has 0 fully saturated rings. The second kappa shape index (κ2) is 8.25. The fraction of sp³-hybridized carbons (Fsp3) is 0.273. The minimum Gasteiger partial charge on any atom is -0.478 e. The Morgan fingerprint density at radius 3 is 2.57 bits per heavy atom. The molecule has 2 N–H and O–H groups in total. The zero-order valence-corrected chi connectivity index (χ0v) is 16.6. The number of carboxylic acid groups (broad SMARTS) is 1. The van der Waals surface area contributed by atoms with Crippen molar-refractivity contribution in [2.45, 2.75) is 32.8 Å². The zero-order valence-electron chi connectivity index (χ0n) is 15.9. The number of benzene rings is 1. The van der Waals surface area contributed by atoms with E-state index in [-0.39, 0.29) is 28.4 Å². The standard InChI is InChI=1S/C22H22ClFO4/c1-14(11-20(26)27)9-10-22(28)15(12-16(25)13-21(22,2)3)7-8-17-18(23)5-4-6-19(17)24/h4-12,28H,13H2,1-3H3,(H,26,27)/b8-7+,10-9+,14-11-/t22-/m1/s1. The molecule has 0 spiro atoms. The van der Waals surface area contributed by atoms with Gasteiger partial charge in [0.15, 0.2) is 5.78 Å². The lowest BCUT2D eigenvalue weighted by Gasteiger charge is -2.44. The van der Waals surface area contributed by atoms with Crippen molar-refractivity contribution in [2.75, 3.05) is 0 Å². The van der Waals surface area contributed by atoms with Crippen LogP contribution >= 0.6 is 11.6 Å². The number of rotatable bonds is 5. The van der Waals surface area contributed by atoms with Crippen molar-refractivity contribution in [2.24, 2.45) is 5.41 Å². The van der Waals surface area contributed by atoms with Crippen LogP contribution in [0.25, 0.3) is 6.08 Å². The first-order chi connectivity index (χ1) is 13.0. The topological polar surface area (TPSA) is 74.6 Å². The molecule has 0 bridgehead atoms. The SMILES string of the molecule is CC(=C/C(=O)O)/C=C/[C@@]1(O)C(/C=C/c2c(F)cccc2Cl)=CC(=O)CC1(C)C. The number of carboxylic acids is 1. The third kappa shape index (κ3) is 4.66. The molecule has 1 aromatic rings.